The zero-order chi connectivity index (χ0) is 20.3. The Morgan fingerprint density at radius 1 is 0.370 bits per heavy atom. The third-order valence-corrected chi connectivity index (χ3v) is 5.62. The molecule has 0 aromatic rings. The average Bonchev–Trinajstić information content (AvgIpc) is 2.77. The maximum Gasteiger partial charge on any atom is 0.673 e. The summed E-state index contributed by atoms with van der Waals surface area (Å²) in [6.07, 6.45) is 0. The molecular weight excluding hydrogens is 527 g/mol. The van der Waals surface area contributed by atoms with E-state index in [0.717, 1.165) is 0 Å². The Balaban J connectivity index is -0.000000326. The molecular formula is C20H32BF4OW-. The molecule has 0 saturated heterocycles. The van der Waals surface area contributed by atoms with Crippen LogP contribution in [0.5, 0.6) is 0 Å². The van der Waals surface area contributed by atoms with Gasteiger partial charge in [-0.3, -0.25) is 0 Å². The summed E-state index contributed by atoms with van der Waals surface area (Å²) >= 11 is 0. The van der Waals surface area contributed by atoms with Gasteiger partial charge >= 0.3 is 7.25 Å². The van der Waals surface area contributed by atoms with Crippen molar-refractivity contribution < 1.29 is 43.8 Å². The Morgan fingerprint density at radius 2 is 0.407 bits per heavy atom. The van der Waals surface area contributed by atoms with Crippen LogP contribution in [0.2, 0.25) is 0 Å². The molecule has 2 saturated carbocycles. The zero-order valence-corrected chi connectivity index (χ0v) is 20.9. The van der Waals surface area contributed by atoms with Gasteiger partial charge in [0.05, 0.1) is 0 Å². The van der Waals surface area contributed by atoms with E-state index in [4.69, 9.17) is 0 Å². The normalized spacial score (nSPS) is 23.3. The number of halogens is 4. The third-order valence-electron chi connectivity index (χ3n) is 5.62. The molecule has 0 heterocycles. The van der Waals surface area contributed by atoms with Crippen molar-refractivity contribution in [2.24, 2.45) is 0 Å². The zero-order valence-electron chi connectivity index (χ0n) is 18.0. The fraction of sp³-hybridized carbons (Fsp3) is 0.500. The number of hydrogen-bond donors (Lipinski definition) is 0. The first-order chi connectivity index (χ1) is 11.1. The van der Waals surface area contributed by atoms with Crippen LogP contribution in [0.3, 0.4) is 0 Å². The quantitative estimate of drug-likeness (QED) is 0.243. The van der Waals surface area contributed by atoms with Gasteiger partial charge in [0.15, 0.2) is 0 Å². The second kappa shape index (κ2) is 12.9. The molecule has 2 rings (SSSR count). The molecule has 2 aliphatic carbocycles. The van der Waals surface area contributed by atoms with Crippen LogP contribution in [-0.2, 0) is 21.1 Å². The maximum atomic E-state index is 9.75. The molecule has 0 spiro atoms. The van der Waals surface area contributed by atoms with Crippen LogP contribution >= 0.6 is 0 Å². The third kappa shape index (κ3) is 9.65. The molecule has 156 valence electrons. The van der Waals surface area contributed by atoms with Crippen LogP contribution in [0.1, 0.15) is 69.2 Å². The van der Waals surface area contributed by atoms with Crippen LogP contribution < -0.4 is 0 Å². The van der Waals surface area contributed by atoms with Gasteiger partial charge < -0.3 is 22.7 Å². The van der Waals surface area contributed by atoms with Gasteiger partial charge in [0.1, 0.15) is 0 Å². The standard InChI is InChI=1S/2C10H15.BF4.H2O.W/c2*1-6-7(2)9(4)10(5)8(6)3;2-1(3,4)5;;/h2*1-5H3;;1H2;/q;;-1;;. The van der Waals surface area contributed by atoms with Gasteiger partial charge in [-0.1, -0.05) is 69.2 Å². The largest absolute Gasteiger partial charge is 0.673 e. The second-order valence-corrected chi connectivity index (χ2v) is 6.74. The Morgan fingerprint density at radius 3 is 0.444 bits per heavy atom. The monoisotopic (exact) mass is 559 g/mol. The first-order valence-electron chi connectivity index (χ1n) is 8.37. The molecule has 0 atom stereocenters. The van der Waals surface area contributed by atoms with E-state index >= 15 is 0 Å². The summed E-state index contributed by atoms with van der Waals surface area (Å²) in [6.45, 7) is 22.0. The van der Waals surface area contributed by atoms with Crippen LogP contribution in [0.25, 0.3) is 0 Å². The van der Waals surface area contributed by atoms with Crippen molar-refractivity contribution in [1.29, 1.82) is 0 Å². The summed E-state index contributed by atoms with van der Waals surface area (Å²) in [5.74, 6) is 14.7. The minimum Gasteiger partial charge on any atom is -0.418 e. The smallest absolute Gasteiger partial charge is 0.418 e. The van der Waals surface area contributed by atoms with E-state index < -0.39 is 7.25 Å². The predicted molar refractivity (Wildman–Crippen MR) is 103 cm³/mol. The fourth-order valence-electron chi connectivity index (χ4n) is 2.81. The summed E-state index contributed by atoms with van der Waals surface area (Å²) in [5.41, 5.74) is 0. The van der Waals surface area contributed by atoms with E-state index in [1.165, 1.54) is 59.2 Å². The van der Waals surface area contributed by atoms with E-state index in [1.807, 2.05) is 0 Å². The summed E-state index contributed by atoms with van der Waals surface area (Å²) in [4.78, 5) is 0. The van der Waals surface area contributed by atoms with E-state index in [9.17, 15) is 17.3 Å². The van der Waals surface area contributed by atoms with Gasteiger partial charge in [0, 0.05) is 21.1 Å². The minimum atomic E-state index is -6.00. The molecule has 0 unspecified atom stereocenters. The van der Waals surface area contributed by atoms with Gasteiger partial charge in [-0.05, 0) is 59.2 Å². The average molecular weight is 559 g/mol. The predicted octanol–water partition coefficient (Wildman–Crippen LogP) is 6.42. The molecule has 0 aromatic carbocycles. The summed E-state index contributed by atoms with van der Waals surface area (Å²) in [5, 5.41) is 0. The van der Waals surface area contributed by atoms with Crippen molar-refractivity contribution >= 4 is 7.25 Å². The molecule has 2 aliphatic rings. The van der Waals surface area contributed by atoms with E-state index in [2.05, 4.69) is 69.2 Å². The van der Waals surface area contributed by atoms with Crippen LogP contribution in [-0.4, -0.2) is 12.7 Å². The van der Waals surface area contributed by atoms with Crippen molar-refractivity contribution in [3.05, 3.63) is 59.2 Å². The maximum absolute atomic E-state index is 9.75. The Hall–Kier alpha value is 0.433. The number of rotatable bonds is 0. The fourth-order valence-corrected chi connectivity index (χ4v) is 2.81. The Kier molecular flexibility index (Phi) is 15.3. The van der Waals surface area contributed by atoms with Crippen molar-refractivity contribution in [1.82, 2.24) is 0 Å². The van der Waals surface area contributed by atoms with E-state index in [-0.39, 0.29) is 26.5 Å². The van der Waals surface area contributed by atoms with Gasteiger partial charge in [0.25, 0.3) is 0 Å². The summed E-state index contributed by atoms with van der Waals surface area (Å²) in [6, 6.07) is 0. The molecule has 1 nitrogen and oxygen atoms in total. The second-order valence-electron chi connectivity index (χ2n) is 6.74. The molecule has 10 radical (unpaired) electrons. The number of hydrogen-bond acceptors (Lipinski definition) is 0. The van der Waals surface area contributed by atoms with Crippen LogP contribution in [0.4, 0.5) is 17.3 Å². The molecule has 7 heteroatoms. The van der Waals surface area contributed by atoms with Crippen LogP contribution in [0, 0.1) is 59.2 Å². The molecule has 0 bridgehead atoms. The first-order valence-corrected chi connectivity index (χ1v) is 8.37. The SMILES string of the molecule is C[C]1[C](C)[C](C)[C](C)[C]1C.C[C]1[C](C)[C](C)[C](C)[C]1C.F[B-](F)(F)F.O.[W]. The topological polar surface area (TPSA) is 31.5 Å². The molecule has 0 aromatic heterocycles. The molecule has 27 heavy (non-hydrogen) atoms. The summed E-state index contributed by atoms with van der Waals surface area (Å²) in [7, 11) is -6.00. The van der Waals surface area contributed by atoms with Crippen molar-refractivity contribution in [3.63, 3.8) is 0 Å². The Labute approximate surface area is 179 Å². The molecule has 2 fully saturated rings. The first kappa shape index (κ1) is 32.1. The van der Waals surface area contributed by atoms with Crippen LogP contribution in [0.15, 0.2) is 0 Å². The van der Waals surface area contributed by atoms with Gasteiger partial charge in [-0.15, -0.1) is 0 Å². The molecule has 0 amide bonds. The van der Waals surface area contributed by atoms with Gasteiger partial charge in [-0.2, -0.15) is 0 Å². The summed E-state index contributed by atoms with van der Waals surface area (Å²) < 4.78 is 39.0. The van der Waals surface area contributed by atoms with Crippen molar-refractivity contribution in [3.8, 4) is 0 Å². The van der Waals surface area contributed by atoms with Crippen molar-refractivity contribution in [2.75, 3.05) is 0 Å². The van der Waals surface area contributed by atoms with E-state index in [0.29, 0.717) is 0 Å². The van der Waals surface area contributed by atoms with Gasteiger partial charge in [-0.25, -0.2) is 0 Å². The molecule has 0 aliphatic heterocycles. The van der Waals surface area contributed by atoms with Gasteiger partial charge in [0.2, 0.25) is 0 Å². The van der Waals surface area contributed by atoms with E-state index in [1.54, 1.807) is 0 Å². The Bertz CT molecular complexity index is 271. The minimum absolute atomic E-state index is 0. The molecule has 2 N–H and O–H groups in total. The van der Waals surface area contributed by atoms with Crippen molar-refractivity contribution in [2.45, 2.75) is 69.2 Å².